The number of aromatic hydroxyl groups is 1. The molecule has 1 aromatic carbocycles. The van der Waals surface area contributed by atoms with Gasteiger partial charge in [0.1, 0.15) is 11.4 Å². The molecular weight excluding hydrogens is 280 g/mol. The van der Waals surface area contributed by atoms with Crippen molar-refractivity contribution in [3.05, 3.63) is 29.8 Å². The van der Waals surface area contributed by atoms with Crippen LogP contribution in [0, 0.1) is 0 Å². The number of ether oxygens (including phenoxy) is 1. The maximum atomic E-state index is 11.6. The van der Waals surface area contributed by atoms with Gasteiger partial charge in [-0.15, -0.1) is 0 Å². The molecule has 0 aliphatic heterocycles. The number of hydrogen-bond donors (Lipinski definition) is 3. The van der Waals surface area contributed by atoms with Gasteiger partial charge in [-0.05, 0) is 58.7 Å². The quantitative estimate of drug-likeness (QED) is 0.756. The first kappa shape index (κ1) is 18.3. The van der Waals surface area contributed by atoms with Crippen LogP contribution in [0.3, 0.4) is 0 Å². The standard InChI is InChI=1S/C17H28N2O3/c1-12(10-14-6-8-15(20)9-7-14)19-13(2)11-18-16(21)22-17(3,4)5/h6-9,12-13,19-20H,10-11H2,1-5H3,(H,18,21). The lowest BCUT2D eigenvalue weighted by atomic mass is 10.1. The zero-order chi connectivity index (χ0) is 16.8. The summed E-state index contributed by atoms with van der Waals surface area (Å²) in [4.78, 5) is 11.6. The van der Waals surface area contributed by atoms with Crippen molar-refractivity contribution in [1.29, 1.82) is 0 Å². The fourth-order valence-electron chi connectivity index (χ4n) is 2.14. The van der Waals surface area contributed by atoms with Crippen molar-refractivity contribution in [3.8, 4) is 5.75 Å². The molecule has 0 saturated carbocycles. The van der Waals surface area contributed by atoms with Crippen molar-refractivity contribution in [1.82, 2.24) is 10.6 Å². The molecule has 0 saturated heterocycles. The molecule has 0 fully saturated rings. The number of benzene rings is 1. The maximum Gasteiger partial charge on any atom is 0.407 e. The van der Waals surface area contributed by atoms with Gasteiger partial charge in [0.2, 0.25) is 0 Å². The lowest BCUT2D eigenvalue weighted by molar-refractivity contribution is 0.0522. The Kier molecular flexibility index (Phi) is 6.68. The molecule has 5 heteroatoms. The fourth-order valence-corrected chi connectivity index (χ4v) is 2.14. The van der Waals surface area contributed by atoms with Crippen LogP contribution in [0.15, 0.2) is 24.3 Å². The van der Waals surface area contributed by atoms with Gasteiger partial charge in [0.15, 0.2) is 0 Å². The maximum absolute atomic E-state index is 11.6. The van der Waals surface area contributed by atoms with E-state index in [9.17, 15) is 9.90 Å². The van der Waals surface area contributed by atoms with Crippen molar-refractivity contribution in [3.63, 3.8) is 0 Å². The second kappa shape index (κ2) is 8.03. The number of alkyl carbamates (subject to hydrolysis) is 1. The number of carbonyl (C=O) groups is 1. The number of hydrogen-bond acceptors (Lipinski definition) is 4. The number of rotatable bonds is 6. The Labute approximate surface area is 133 Å². The van der Waals surface area contributed by atoms with Crippen molar-refractivity contribution in [2.45, 2.75) is 58.7 Å². The predicted molar refractivity (Wildman–Crippen MR) is 88.1 cm³/mol. The second-order valence-electron chi connectivity index (χ2n) is 6.72. The number of nitrogens with one attached hydrogen (secondary N) is 2. The molecular formula is C17H28N2O3. The van der Waals surface area contributed by atoms with Crippen LogP contribution in [-0.2, 0) is 11.2 Å². The molecule has 3 N–H and O–H groups in total. The van der Waals surface area contributed by atoms with Crippen molar-refractivity contribution in [2.75, 3.05) is 6.54 Å². The van der Waals surface area contributed by atoms with Gasteiger partial charge in [-0.3, -0.25) is 0 Å². The van der Waals surface area contributed by atoms with Crippen LogP contribution >= 0.6 is 0 Å². The lowest BCUT2D eigenvalue weighted by Crippen LogP contribution is -2.44. The Balaban J connectivity index is 2.30. The topological polar surface area (TPSA) is 70.6 Å². The van der Waals surface area contributed by atoms with Crippen molar-refractivity contribution >= 4 is 6.09 Å². The predicted octanol–water partition coefficient (Wildman–Crippen LogP) is 2.83. The minimum Gasteiger partial charge on any atom is -0.508 e. The third-order valence-electron chi connectivity index (χ3n) is 3.00. The third kappa shape index (κ3) is 7.88. The van der Waals surface area contributed by atoms with E-state index in [2.05, 4.69) is 17.6 Å². The van der Waals surface area contributed by atoms with E-state index in [1.165, 1.54) is 0 Å². The molecule has 0 heterocycles. The smallest absolute Gasteiger partial charge is 0.407 e. The molecule has 124 valence electrons. The molecule has 0 aromatic heterocycles. The van der Waals surface area contributed by atoms with Crippen LogP contribution < -0.4 is 10.6 Å². The molecule has 0 spiro atoms. The summed E-state index contributed by atoms with van der Waals surface area (Å²) < 4.78 is 5.20. The summed E-state index contributed by atoms with van der Waals surface area (Å²) in [5.74, 6) is 0.277. The minimum absolute atomic E-state index is 0.139. The summed E-state index contributed by atoms with van der Waals surface area (Å²) in [6, 6.07) is 7.61. The molecule has 22 heavy (non-hydrogen) atoms. The average molecular weight is 308 g/mol. The van der Waals surface area contributed by atoms with E-state index in [0.717, 1.165) is 12.0 Å². The molecule has 2 unspecified atom stereocenters. The highest BCUT2D eigenvalue weighted by molar-refractivity contribution is 5.67. The van der Waals surface area contributed by atoms with E-state index in [1.54, 1.807) is 12.1 Å². The molecule has 0 aliphatic carbocycles. The van der Waals surface area contributed by atoms with Crippen LogP contribution in [-0.4, -0.2) is 35.4 Å². The van der Waals surface area contributed by atoms with E-state index in [4.69, 9.17) is 4.74 Å². The largest absolute Gasteiger partial charge is 0.508 e. The molecule has 5 nitrogen and oxygen atoms in total. The highest BCUT2D eigenvalue weighted by Crippen LogP contribution is 2.11. The average Bonchev–Trinajstić information content (AvgIpc) is 2.37. The van der Waals surface area contributed by atoms with Crippen LogP contribution in [0.4, 0.5) is 4.79 Å². The summed E-state index contributed by atoms with van der Waals surface area (Å²) in [5.41, 5.74) is 0.678. The number of carbonyl (C=O) groups excluding carboxylic acids is 1. The van der Waals surface area contributed by atoms with Crippen LogP contribution in [0.5, 0.6) is 5.75 Å². The van der Waals surface area contributed by atoms with Gasteiger partial charge < -0.3 is 20.5 Å². The van der Waals surface area contributed by atoms with Gasteiger partial charge >= 0.3 is 6.09 Å². The summed E-state index contributed by atoms with van der Waals surface area (Å²) in [6.07, 6.45) is 0.462. The first-order valence-electron chi connectivity index (χ1n) is 7.66. The fraction of sp³-hybridized carbons (Fsp3) is 0.588. The molecule has 1 rings (SSSR count). The Hall–Kier alpha value is -1.75. The number of phenols is 1. The Morgan fingerprint density at radius 2 is 1.77 bits per heavy atom. The molecule has 0 aliphatic rings. The molecule has 1 aromatic rings. The molecule has 0 bridgehead atoms. The summed E-state index contributed by atoms with van der Waals surface area (Å²) in [5, 5.41) is 15.5. The minimum atomic E-state index is -0.479. The Morgan fingerprint density at radius 3 is 2.32 bits per heavy atom. The lowest BCUT2D eigenvalue weighted by Gasteiger charge is -2.23. The number of phenolic OH excluding ortho intramolecular Hbond substituents is 1. The first-order valence-corrected chi connectivity index (χ1v) is 7.66. The van der Waals surface area contributed by atoms with Gasteiger partial charge in [0, 0.05) is 18.6 Å². The van der Waals surface area contributed by atoms with Crippen LogP contribution in [0.25, 0.3) is 0 Å². The molecule has 0 radical (unpaired) electrons. The van der Waals surface area contributed by atoms with Crippen LogP contribution in [0.1, 0.15) is 40.2 Å². The van der Waals surface area contributed by atoms with Gasteiger partial charge in [-0.2, -0.15) is 0 Å². The van der Waals surface area contributed by atoms with Gasteiger partial charge in [0.25, 0.3) is 0 Å². The Morgan fingerprint density at radius 1 is 1.18 bits per heavy atom. The van der Waals surface area contributed by atoms with Crippen molar-refractivity contribution < 1.29 is 14.6 Å². The van der Waals surface area contributed by atoms with E-state index in [1.807, 2.05) is 39.8 Å². The Bertz CT molecular complexity index is 466. The van der Waals surface area contributed by atoms with Crippen molar-refractivity contribution in [2.24, 2.45) is 0 Å². The van der Waals surface area contributed by atoms with Gasteiger partial charge in [0.05, 0.1) is 0 Å². The summed E-state index contributed by atoms with van der Waals surface area (Å²) in [7, 11) is 0. The highest BCUT2D eigenvalue weighted by atomic mass is 16.6. The monoisotopic (exact) mass is 308 g/mol. The summed E-state index contributed by atoms with van der Waals surface area (Å²) >= 11 is 0. The third-order valence-corrected chi connectivity index (χ3v) is 3.00. The normalized spacial score (nSPS) is 14.2. The van der Waals surface area contributed by atoms with Crippen LogP contribution in [0.2, 0.25) is 0 Å². The first-order chi connectivity index (χ1) is 10.2. The molecule has 1 amide bonds. The zero-order valence-corrected chi connectivity index (χ0v) is 14.1. The van der Waals surface area contributed by atoms with Gasteiger partial charge in [-0.1, -0.05) is 12.1 Å². The second-order valence-corrected chi connectivity index (χ2v) is 6.72. The zero-order valence-electron chi connectivity index (χ0n) is 14.1. The molecule has 2 atom stereocenters. The highest BCUT2D eigenvalue weighted by Gasteiger charge is 2.16. The SMILES string of the molecule is CC(CNC(=O)OC(C)(C)C)NC(C)Cc1ccc(O)cc1. The van der Waals surface area contributed by atoms with E-state index >= 15 is 0 Å². The van der Waals surface area contributed by atoms with E-state index < -0.39 is 11.7 Å². The van der Waals surface area contributed by atoms with Gasteiger partial charge in [-0.25, -0.2) is 4.79 Å². The van der Waals surface area contributed by atoms with E-state index in [-0.39, 0.29) is 17.8 Å². The van der Waals surface area contributed by atoms with E-state index in [0.29, 0.717) is 6.54 Å². The summed E-state index contributed by atoms with van der Waals surface area (Å²) in [6.45, 7) is 10.1. The number of amides is 1.